The maximum atomic E-state index is 13.1. The standard InChI is InChI=1S/C20H20N4O5/c1-10-8-24-15-4-3-13(12-5-6-28-9-12)21-14(15)7-20(16(24)11(2)29-10)17(25)22-19(27)23-18(20)26/h3-6,9-11,16H,7-8H2,1-2H3,(H2,22,23,25,26,27)/t10-,11+,16-/m1/s1. The van der Waals surface area contributed by atoms with E-state index in [-0.39, 0.29) is 12.5 Å². The Kier molecular flexibility index (Phi) is 3.79. The van der Waals surface area contributed by atoms with Crippen LogP contribution < -0.4 is 15.5 Å². The number of anilines is 1. The number of nitrogens with one attached hydrogen (secondary N) is 2. The van der Waals surface area contributed by atoms with E-state index < -0.39 is 35.4 Å². The molecule has 0 saturated carbocycles. The number of aromatic nitrogens is 1. The average Bonchev–Trinajstić information content (AvgIpc) is 3.20. The van der Waals surface area contributed by atoms with Gasteiger partial charge in [0.25, 0.3) is 0 Å². The van der Waals surface area contributed by atoms with Gasteiger partial charge in [-0.2, -0.15) is 0 Å². The van der Waals surface area contributed by atoms with E-state index in [1.807, 2.05) is 30.9 Å². The minimum atomic E-state index is -1.51. The predicted molar refractivity (Wildman–Crippen MR) is 101 cm³/mol. The van der Waals surface area contributed by atoms with E-state index in [9.17, 15) is 14.4 Å². The fourth-order valence-corrected chi connectivity index (χ4v) is 4.86. The number of fused-ring (bicyclic) bond motifs is 4. The van der Waals surface area contributed by atoms with Crippen molar-refractivity contribution in [2.75, 3.05) is 11.4 Å². The third-order valence-electron chi connectivity index (χ3n) is 5.97. The van der Waals surface area contributed by atoms with E-state index in [2.05, 4.69) is 10.6 Å². The van der Waals surface area contributed by atoms with Crippen molar-refractivity contribution in [1.82, 2.24) is 15.6 Å². The molecule has 9 nitrogen and oxygen atoms in total. The van der Waals surface area contributed by atoms with Crippen molar-refractivity contribution in [2.45, 2.75) is 38.5 Å². The van der Waals surface area contributed by atoms with Crippen molar-refractivity contribution in [2.24, 2.45) is 5.41 Å². The van der Waals surface area contributed by atoms with Crippen LogP contribution in [-0.2, 0) is 20.7 Å². The van der Waals surface area contributed by atoms with Crippen LogP contribution in [0.4, 0.5) is 10.5 Å². The molecule has 5 heterocycles. The maximum absolute atomic E-state index is 13.1. The van der Waals surface area contributed by atoms with Gasteiger partial charge in [0.2, 0.25) is 11.8 Å². The summed E-state index contributed by atoms with van der Waals surface area (Å²) < 4.78 is 11.1. The van der Waals surface area contributed by atoms with E-state index in [0.717, 1.165) is 11.3 Å². The number of carbonyl (C=O) groups excluding carboxylic acids is 3. The van der Waals surface area contributed by atoms with Crippen LogP contribution in [0.2, 0.25) is 0 Å². The molecule has 0 bridgehead atoms. The molecule has 0 unspecified atom stereocenters. The fraction of sp³-hybridized carbons (Fsp3) is 0.400. The monoisotopic (exact) mass is 396 g/mol. The number of urea groups is 1. The van der Waals surface area contributed by atoms with Crippen LogP contribution in [-0.4, -0.2) is 47.6 Å². The second kappa shape index (κ2) is 6.15. The molecule has 2 N–H and O–H groups in total. The summed E-state index contributed by atoms with van der Waals surface area (Å²) >= 11 is 0. The Morgan fingerprint density at radius 2 is 1.90 bits per heavy atom. The maximum Gasteiger partial charge on any atom is 0.328 e. The number of hydrogen-bond donors (Lipinski definition) is 2. The van der Waals surface area contributed by atoms with Crippen LogP contribution in [0.15, 0.2) is 35.1 Å². The number of nitrogens with zero attached hydrogens (tertiary/aromatic N) is 2. The summed E-state index contributed by atoms with van der Waals surface area (Å²) in [7, 11) is 0. The first kappa shape index (κ1) is 17.9. The summed E-state index contributed by atoms with van der Waals surface area (Å²) in [5, 5.41) is 4.55. The second-order valence-electron chi connectivity index (χ2n) is 7.81. The molecule has 4 amide bonds. The molecule has 2 fully saturated rings. The Morgan fingerprint density at radius 3 is 2.59 bits per heavy atom. The highest BCUT2D eigenvalue weighted by atomic mass is 16.5. The highest BCUT2D eigenvalue weighted by molar-refractivity contribution is 6.20. The summed E-state index contributed by atoms with van der Waals surface area (Å²) in [6.45, 7) is 4.31. The lowest BCUT2D eigenvalue weighted by molar-refractivity contribution is -0.153. The summed E-state index contributed by atoms with van der Waals surface area (Å²) in [6, 6.07) is 4.29. The molecule has 3 atom stereocenters. The van der Waals surface area contributed by atoms with E-state index in [1.165, 1.54) is 0 Å². The Balaban J connectivity index is 1.69. The molecule has 3 aliphatic rings. The number of amides is 4. The van der Waals surface area contributed by atoms with Gasteiger partial charge in [0.05, 0.1) is 47.9 Å². The molecule has 2 saturated heterocycles. The molecule has 9 heteroatoms. The summed E-state index contributed by atoms with van der Waals surface area (Å²) in [6.07, 6.45) is 2.74. The molecule has 1 spiro atoms. The Labute approximate surface area is 166 Å². The number of barbiturate groups is 1. The van der Waals surface area contributed by atoms with Crippen LogP contribution in [0, 0.1) is 5.41 Å². The first-order valence-electron chi connectivity index (χ1n) is 9.51. The Morgan fingerprint density at radius 1 is 1.14 bits per heavy atom. The van der Waals surface area contributed by atoms with E-state index in [0.29, 0.717) is 17.9 Å². The quantitative estimate of drug-likeness (QED) is 0.697. The van der Waals surface area contributed by atoms with Crippen molar-refractivity contribution >= 4 is 23.5 Å². The van der Waals surface area contributed by atoms with Gasteiger partial charge in [0.1, 0.15) is 0 Å². The van der Waals surface area contributed by atoms with Gasteiger partial charge in [0, 0.05) is 18.5 Å². The molecular weight excluding hydrogens is 376 g/mol. The fourth-order valence-electron chi connectivity index (χ4n) is 4.86. The first-order valence-corrected chi connectivity index (χ1v) is 9.51. The number of morpholine rings is 1. The molecule has 3 aliphatic heterocycles. The lowest BCUT2D eigenvalue weighted by atomic mass is 9.67. The summed E-state index contributed by atoms with van der Waals surface area (Å²) in [5.74, 6) is -1.24. The highest BCUT2D eigenvalue weighted by Crippen LogP contribution is 2.46. The molecule has 150 valence electrons. The van der Waals surface area contributed by atoms with Gasteiger partial charge in [-0.3, -0.25) is 25.2 Å². The van der Waals surface area contributed by atoms with Gasteiger partial charge in [-0.15, -0.1) is 0 Å². The topological polar surface area (TPSA) is 114 Å². The summed E-state index contributed by atoms with van der Waals surface area (Å²) in [5.41, 5.74) is 1.48. The predicted octanol–water partition coefficient (Wildman–Crippen LogP) is 1.23. The third-order valence-corrected chi connectivity index (χ3v) is 5.97. The lowest BCUT2D eigenvalue weighted by Gasteiger charge is -2.55. The largest absolute Gasteiger partial charge is 0.472 e. The van der Waals surface area contributed by atoms with E-state index in [4.69, 9.17) is 14.1 Å². The zero-order valence-corrected chi connectivity index (χ0v) is 16.0. The first-order chi connectivity index (χ1) is 13.9. The van der Waals surface area contributed by atoms with Gasteiger partial charge >= 0.3 is 6.03 Å². The van der Waals surface area contributed by atoms with Crippen LogP contribution in [0.5, 0.6) is 0 Å². The third kappa shape index (κ3) is 2.50. The highest BCUT2D eigenvalue weighted by Gasteiger charge is 2.63. The van der Waals surface area contributed by atoms with Crippen LogP contribution in [0.25, 0.3) is 11.3 Å². The van der Waals surface area contributed by atoms with Gasteiger partial charge in [-0.25, -0.2) is 4.79 Å². The number of ether oxygens (including phenoxy) is 1. The molecule has 2 aromatic heterocycles. The molecule has 0 radical (unpaired) electrons. The smallest absolute Gasteiger partial charge is 0.328 e. The van der Waals surface area contributed by atoms with Crippen molar-refractivity contribution in [1.29, 1.82) is 0 Å². The zero-order valence-electron chi connectivity index (χ0n) is 16.0. The van der Waals surface area contributed by atoms with E-state index in [1.54, 1.807) is 18.6 Å². The van der Waals surface area contributed by atoms with E-state index >= 15 is 0 Å². The lowest BCUT2D eigenvalue weighted by Crippen LogP contribution is -2.75. The number of carbonyl (C=O) groups is 3. The second-order valence-corrected chi connectivity index (χ2v) is 7.81. The number of furan rings is 1. The van der Waals surface area contributed by atoms with Gasteiger partial charge in [-0.1, -0.05) is 0 Å². The Hall–Kier alpha value is -3.20. The Bertz CT molecular complexity index is 998. The van der Waals surface area contributed by atoms with Crippen molar-refractivity contribution in [3.05, 3.63) is 36.4 Å². The number of hydrogen-bond acceptors (Lipinski definition) is 7. The van der Waals surface area contributed by atoms with Crippen LogP contribution in [0.3, 0.4) is 0 Å². The summed E-state index contributed by atoms with van der Waals surface area (Å²) in [4.78, 5) is 44.7. The van der Waals surface area contributed by atoms with Crippen molar-refractivity contribution < 1.29 is 23.5 Å². The minimum Gasteiger partial charge on any atom is -0.472 e. The SMILES string of the molecule is C[C@@H]1CN2c3ccc(-c4ccoc4)nc3CC3(C(=O)NC(=O)NC3=O)[C@H]2[C@H](C)O1. The molecule has 5 rings (SSSR count). The zero-order chi connectivity index (χ0) is 20.3. The number of imide groups is 2. The van der Waals surface area contributed by atoms with Crippen LogP contribution >= 0.6 is 0 Å². The van der Waals surface area contributed by atoms with Gasteiger partial charge in [-0.05, 0) is 32.0 Å². The molecule has 0 aliphatic carbocycles. The number of pyridine rings is 1. The van der Waals surface area contributed by atoms with Gasteiger partial charge in [0.15, 0.2) is 5.41 Å². The van der Waals surface area contributed by atoms with Crippen LogP contribution in [0.1, 0.15) is 19.5 Å². The van der Waals surface area contributed by atoms with Crippen molar-refractivity contribution in [3.63, 3.8) is 0 Å². The average molecular weight is 396 g/mol. The minimum absolute atomic E-state index is 0.0716. The molecule has 2 aromatic rings. The molecular formula is C20H20N4O5. The molecule has 29 heavy (non-hydrogen) atoms. The van der Waals surface area contributed by atoms with Crippen molar-refractivity contribution in [3.8, 4) is 11.3 Å². The number of rotatable bonds is 1. The normalized spacial score (nSPS) is 27.9. The van der Waals surface area contributed by atoms with Gasteiger partial charge < -0.3 is 14.1 Å². The molecule has 0 aromatic carbocycles.